The molecule has 0 aliphatic carbocycles. The van der Waals surface area contributed by atoms with Gasteiger partial charge in [-0.05, 0) is 23.3 Å². The van der Waals surface area contributed by atoms with Crippen molar-refractivity contribution in [3.05, 3.63) is 95.6 Å². The molecule has 0 saturated heterocycles. The molecular weight excluding hydrogens is 303 g/mol. The van der Waals surface area contributed by atoms with Crippen molar-refractivity contribution in [2.45, 2.75) is 19.2 Å². The number of benzene rings is 2. The van der Waals surface area contributed by atoms with Crippen molar-refractivity contribution in [2.24, 2.45) is 0 Å². The maximum atomic E-state index is 13.6. The van der Waals surface area contributed by atoms with Crippen LogP contribution in [-0.2, 0) is 13.1 Å². The summed E-state index contributed by atoms with van der Waals surface area (Å²) in [5.74, 6) is -0.374. The molecule has 3 nitrogen and oxygen atoms in total. The first-order valence-corrected chi connectivity index (χ1v) is 8.04. The van der Waals surface area contributed by atoms with Crippen molar-refractivity contribution in [1.29, 1.82) is 0 Å². The summed E-state index contributed by atoms with van der Waals surface area (Å²) in [6, 6.07) is 18.6. The average molecular weight is 324 g/mol. The number of hydrogen-bond acceptors (Lipinski definition) is 2. The topological polar surface area (TPSA) is 37.2 Å². The number of halogens is 1. The number of rotatable bonds is 7. The van der Waals surface area contributed by atoms with Crippen LogP contribution in [0.3, 0.4) is 0 Å². The Balaban J connectivity index is 1.50. The molecule has 0 aliphatic heterocycles. The monoisotopic (exact) mass is 324 g/mol. The second-order valence-corrected chi connectivity index (χ2v) is 5.85. The van der Waals surface area contributed by atoms with Crippen LogP contribution in [0.4, 0.5) is 4.39 Å². The van der Waals surface area contributed by atoms with E-state index in [1.165, 1.54) is 11.6 Å². The van der Waals surface area contributed by atoms with Gasteiger partial charge in [0.25, 0.3) is 0 Å². The highest BCUT2D eigenvalue weighted by atomic mass is 19.1. The van der Waals surface area contributed by atoms with Crippen molar-refractivity contribution in [1.82, 2.24) is 9.88 Å². The Morgan fingerprint density at radius 1 is 0.958 bits per heavy atom. The molecule has 4 heteroatoms. The summed E-state index contributed by atoms with van der Waals surface area (Å²) >= 11 is 0. The van der Waals surface area contributed by atoms with Crippen LogP contribution in [0.25, 0.3) is 0 Å². The Labute approximate surface area is 141 Å². The Kier molecular flexibility index (Phi) is 5.41. The predicted octanol–water partition coefficient (Wildman–Crippen LogP) is 3.50. The zero-order valence-corrected chi connectivity index (χ0v) is 13.4. The van der Waals surface area contributed by atoms with Gasteiger partial charge in [-0.15, -0.1) is 0 Å². The minimum absolute atomic E-state index is 0.310. The molecule has 0 spiro atoms. The summed E-state index contributed by atoms with van der Waals surface area (Å²) < 4.78 is 15.7. The van der Waals surface area contributed by atoms with Gasteiger partial charge in [0.05, 0.1) is 6.10 Å². The molecule has 0 radical (unpaired) electrons. The number of aliphatic hydroxyl groups is 1. The summed E-state index contributed by atoms with van der Waals surface area (Å²) in [5, 5.41) is 13.2. The highest BCUT2D eigenvalue weighted by Gasteiger charge is 2.11. The van der Waals surface area contributed by atoms with Crippen molar-refractivity contribution in [2.75, 3.05) is 6.54 Å². The van der Waals surface area contributed by atoms with Crippen molar-refractivity contribution >= 4 is 0 Å². The van der Waals surface area contributed by atoms with Crippen LogP contribution in [0.1, 0.15) is 22.8 Å². The molecule has 0 fully saturated rings. The standard InChI is InChI=1S/C20H21FN2O/c21-19-9-5-4-8-18(19)20(24)13-22-12-17-10-11-23(15-17)14-16-6-2-1-3-7-16/h1-11,15,20,22,24H,12-14H2. The van der Waals surface area contributed by atoms with E-state index in [1.54, 1.807) is 18.2 Å². The number of nitrogens with zero attached hydrogens (tertiary/aromatic N) is 1. The van der Waals surface area contributed by atoms with Gasteiger partial charge in [0.15, 0.2) is 0 Å². The van der Waals surface area contributed by atoms with Gasteiger partial charge in [-0.2, -0.15) is 0 Å². The van der Waals surface area contributed by atoms with Crippen molar-refractivity contribution < 1.29 is 9.50 Å². The SMILES string of the molecule is OC(CNCc1ccn(Cc2ccccc2)c1)c1ccccc1F. The largest absolute Gasteiger partial charge is 0.387 e. The van der Waals surface area contributed by atoms with Crippen LogP contribution < -0.4 is 5.32 Å². The summed E-state index contributed by atoms with van der Waals surface area (Å²) in [6.07, 6.45) is 3.27. The zero-order valence-electron chi connectivity index (χ0n) is 13.4. The van der Waals surface area contributed by atoms with E-state index in [9.17, 15) is 9.50 Å². The van der Waals surface area contributed by atoms with Gasteiger partial charge in [-0.1, -0.05) is 48.5 Å². The lowest BCUT2D eigenvalue weighted by Crippen LogP contribution is -2.21. The van der Waals surface area contributed by atoms with E-state index in [4.69, 9.17) is 0 Å². The molecule has 1 atom stereocenters. The van der Waals surface area contributed by atoms with Crippen LogP contribution in [0, 0.1) is 5.82 Å². The fourth-order valence-electron chi connectivity index (χ4n) is 2.70. The van der Waals surface area contributed by atoms with Crippen LogP contribution in [0.5, 0.6) is 0 Å². The lowest BCUT2D eigenvalue weighted by atomic mass is 10.1. The first-order valence-electron chi connectivity index (χ1n) is 8.04. The Morgan fingerprint density at radius 3 is 2.50 bits per heavy atom. The Hall–Kier alpha value is -2.43. The third-order valence-electron chi connectivity index (χ3n) is 3.95. The van der Waals surface area contributed by atoms with Gasteiger partial charge in [-0.25, -0.2) is 4.39 Å². The van der Waals surface area contributed by atoms with Gasteiger partial charge in [0, 0.05) is 37.6 Å². The van der Waals surface area contributed by atoms with E-state index in [-0.39, 0.29) is 5.82 Å². The average Bonchev–Trinajstić information content (AvgIpc) is 3.03. The molecule has 24 heavy (non-hydrogen) atoms. The first-order chi connectivity index (χ1) is 11.7. The number of aliphatic hydroxyl groups excluding tert-OH is 1. The first kappa shape index (κ1) is 16.4. The molecule has 0 aliphatic rings. The minimum atomic E-state index is -0.849. The highest BCUT2D eigenvalue weighted by Crippen LogP contribution is 2.15. The van der Waals surface area contributed by atoms with Crippen molar-refractivity contribution in [3.63, 3.8) is 0 Å². The second kappa shape index (κ2) is 7.90. The third kappa shape index (κ3) is 4.31. The van der Waals surface area contributed by atoms with Crippen LogP contribution >= 0.6 is 0 Å². The quantitative estimate of drug-likeness (QED) is 0.698. The maximum absolute atomic E-state index is 13.6. The van der Waals surface area contributed by atoms with E-state index in [1.807, 2.05) is 30.5 Å². The number of aromatic nitrogens is 1. The lowest BCUT2D eigenvalue weighted by Gasteiger charge is -2.12. The van der Waals surface area contributed by atoms with Gasteiger partial charge in [0.2, 0.25) is 0 Å². The van der Waals surface area contributed by atoms with E-state index in [0.717, 1.165) is 12.1 Å². The van der Waals surface area contributed by atoms with Gasteiger partial charge >= 0.3 is 0 Å². The molecule has 2 aromatic carbocycles. The molecule has 0 saturated carbocycles. The van der Waals surface area contributed by atoms with E-state index in [0.29, 0.717) is 18.7 Å². The molecule has 2 N–H and O–H groups in total. The Morgan fingerprint density at radius 2 is 1.71 bits per heavy atom. The fourth-order valence-corrected chi connectivity index (χ4v) is 2.70. The molecule has 0 amide bonds. The van der Waals surface area contributed by atoms with E-state index in [2.05, 4.69) is 28.2 Å². The number of hydrogen-bond donors (Lipinski definition) is 2. The predicted molar refractivity (Wildman–Crippen MR) is 93.0 cm³/mol. The van der Waals surface area contributed by atoms with Crippen LogP contribution in [0.15, 0.2) is 73.1 Å². The Bertz CT molecular complexity index is 770. The van der Waals surface area contributed by atoms with Gasteiger partial charge in [-0.3, -0.25) is 0 Å². The normalized spacial score (nSPS) is 12.2. The molecule has 1 aromatic heterocycles. The second-order valence-electron chi connectivity index (χ2n) is 5.85. The number of nitrogens with one attached hydrogen (secondary N) is 1. The van der Waals surface area contributed by atoms with Crippen molar-refractivity contribution in [3.8, 4) is 0 Å². The smallest absolute Gasteiger partial charge is 0.129 e. The maximum Gasteiger partial charge on any atom is 0.129 e. The molecule has 0 bridgehead atoms. The van der Waals surface area contributed by atoms with Gasteiger partial charge < -0.3 is 15.0 Å². The minimum Gasteiger partial charge on any atom is -0.387 e. The summed E-state index contributed by atoms with van der Waals surface area (Å²) in [7, 11) is 0. The third-order valence-corrected chi connectivity index (χ3v) is 3.95. The lowest BCUT2D eigenvalue weighted by molar-refractivity contribution is 0.169. The van der Waals surface area contributed by atoms with Crippen LogP contribution in [-0.4, -0.2) is 16.2 Å². The van der Waals surface area contributed by atoms with E-state index < -0.39 is 6.10 Å². The summed E-state index contributed by atoms with van der Waals surface area (Å²) in [5.41, 5.74) is 2.71. The molecule has 1 unspecified atom stereocenters. The van der Waals surface area contributed by atoms with E-state index >= 15 is 0 Å². The summed E-state index contributed by atoms with van der Waals surface area (Å²) in [4.78, 5) is 0. The molecule has 3 rings (SSSR count). The molecular formula is C20H21FN2O. The van der Waals surface area contributed by atoms with Crippen LogP contribution in [0.2, 0.25) is 0 Å². The molecule has 124 valence electrons. The molecule has 3 aromatic rings. The summed E-state index contributed by atoms with van der Waals surface area (Å²) in [6.45, 7) is 1.77. The molecule has 1 heterocycles. The van der Waals surface area contributed by atoms with Gasteiger partial charge in [0.1, 0.15) is 5.82 Å². The zero-order chi connectivity index (χ0) is 16.8. The highest BCUT2D eigenvalue weighted by molar-refractivity contribution is 5.20. The fraction of sp³-hybridized carbons (Fsp3) is 0.200.